The third-order valence-corrected chi connectivity index (χ3v) is 5.51. The summed E-state index contributed by atoms with van der Waals surface area (Å²) < 4.78 is 0. The average Bonchev–Trinajstić information content (AvgIpc) is 2.63. The molecule has 3 unspecified atom stereocenters. The second kappa shape index (κ2) is 6.22. The summed E-state index contributed by atoms with van der Waals surface area (Å²) in [5.41, 5.74) is 0.747. The van der Waals surface area contributed by atoms with Crippen molar-refractivity contribution in [3.8, 4) is 0 Å². The number of fused-ring (bicyclic) bond motifs is 1. The Morgan fingerprint density at radius 2 is 1.68 bits per heavy atom. The average molecular weight is 359 g/mol. The fourth-order valence-electron chi connectivity index (χ4n) is 3.88. The third-order valence-electron chi connectivity index (χ3n) is 5.26. The number of carbonyl (C=O) groups excluding carboxylic acids is 1. The van der Waals surface area contributed by atoms with Crippen molar-refractivity contribution in [2.24, 2.45) is 5.92 Å². The zero-order valence-electron chi connectivity index (χ0n) is 13.7. The molecule has 0 radical (unpaired) electrons. The number of benzene rings is 2. The molecule has 0 bridgehead atoms. The Morgan fingerprint density at radius 1 is 1.00 bits per heavy atom. The first-order valence-corrected chi connectivity index (χ1v) is 8.85. The van der Waals surface area contributed by atoms with Gasteiger partial charge in [-0.05, 0) is 29.7 Å². The van der Waals surface area contributed by atoms with Crippen molar-refractivity contribution in [2.75, 3.05) is 0 Å². The summed E-state index contributed by atoms with van der Waals surface area (Å²) in [6.07, 6.45) is 1.79. The summed E-state index contributed by atoms with van der Waals surface area (Å²) in [5.74, 6) is -2.14. The van der Waals surface area contributed by atoms with Crippen LogP contribution in [0.15, 0.2) is 54.6 Å². The Bertz CT molecular complexity index is 776. The van der Waals surface area contributed by atoms with Crippen LogP contribution < -0.4 is 0 Å². The predicted octanol–water partition coefficient (Wildman–Crippen LogP) is 3.99. The van der Waals surface area contributed by atoms with Gasteiger partial charge >= 0.3 is 0 Å². The molecule has 2 fully saturated rings. The highest BCUT2D eigenvalue weighted by molar-refractivity contribution is 6.30. The number of halogens is 1. The van der Waals surface area contributed by atoms with Crippen molar-refractivity contribution in [3.05, 3.63) is 70.7 Å². The Labute approximate surface area is 151 Å². The Morgan fingerprint density at radius 3 is 2.40 bits per heavy atom. The first-order valence-electron chi connectivity index (χ1n) is 8.47. The molecule has 0 amide bonds. The van der Waals surface area contributed by atoms with E-state index >= 15 is 0 Å². The van der Waals surface area contributed by atoms with Crippen molar-refractivity contribution < 1.29 is 19.7 Å². The number of aliphatic hydroxyl groups is 1. The van der Waals surface area contributed by atoms with Gasteiger partial charge in [0, 0.05) is 24.3 Å². The lowest BCUT2D eigenvalue weighted by Gasteiger charge is -2.48. The predicted molar refractivity (Wildman–Crippen MR) is 92.8 cm³/mol. The third kappa shape index (κ3) is 2.79. The molecular weight excluding hydrogens is 340 g/mol. The molecule has 1 aliphatic carbocycles. The van der Waals surface area contributed by atoms with Crippen molar-refractivity contribution in [1.29, 1.82) is 0 Å². The maximum Gasteiger partial charge on any atom is 0.209 e. The lowest BCUT2D eigenvalue weighted by atomic mass is 9.71. The second-order valence-electron chi connectivity index (χ2n) is 6.79. The lowest BCUT2D eigenvalue weighted by molar-refractivity contribution is -0.496. The Kier molecular flexibility index (Phi) is 4.16. The molecule has 1 N–H and O–H groups in total. The molecule has 2 aromatic carbocycles. The molecule has 1 aliphatic heterocycles. The van der Waals surface area contributed by atoms with Gasteiger partial charge in [-0.1, -0.05) is 54.1 Å². The minimum Gasteiger partial charge on any atom is -0.363 e. The van der Waals surface area contributed by atoms with E-state index in [1.165, 1.54) is 0 Å². The molecule has 5 heteroatoms. The van der Waals surface area contributed by atoms with Crippen LogP contribution in [0, 0.1) is 5.92 Å². The van der Waals surface area contributed by atoms with Gasteiger partial charge in [-0.15, -0.1) is 0 Å². The normalized spacial score (nSPS) is 32.2. The van der Waals surface area contributed by atoms with Crippen LogP contribution in [-0.2, 0) is 20.2 Å². The van der Waals surface area contributed by atoms with Gasteiger partial charge in [0.05, 0.1) is 5.92 Å². The molecule has 4 rings (SSSR count). The standard InChI is InChI=1S/C20H19ClO4/c21-16-10-8-15(9-11-16)19(14-5-2-1-3-6-14)13-17-18(22)7-4-12-20(17,23)25-24-19/h1-3,5-6,8-11,17,23H,4,7,12-13H2. The Balaban J connectivity index is 1.82. The zero-order chi connectivity index (χ0) is 17.5. The Hall–Kier alpha value is -1.72. The van der Waals surface area contributed by atoms with Crippen LogP contribution >= 0.6 is 11.6 Å². The number of carbonyl (C=O) groups is 1. The smallest absolute Gasteiger partial charge is 0.209 e. The van der Waals surface area contributed by atoms with E-state index in [0.717, 1.165) is 11.1 Å². The van der Waals surface area contributed by atoms with Crippen LogP contribution in [-0.4, -0.2) is 16.7 Å². The van der Waals surface area contributed by atoms with Crippen LogP contribution in [0.1, 0.15) is 36.8 Å². The molecule has 4 nitrogen and oxygen atoms in total. The van der Waals surface area contributed by atoms with Gasteiger partial charge in [-0.3, -0.25) is 4.79 Å². The number of Topliss-reactive ketones (excluding diaryl/α,β-unsaturated/α-hetero) is 1. The minimum absolute atomic E-state index is 0.0197. The highest BCUT2D eigenvalue weighted by Crippen LogP contribution is 2.50. The first-order chi connectivity index (χ1) is 12.0. The fraction of sp³-hybridized carbons (Fsp3) is 0.350. The number of hydrogen-bond donors (Lipinski definition) is 1. The minimum atomic E-state index is -1.54. The molecule has 25 heavy (non-hydrogen) atoms. The molecule has 3 atom stereocenters. The van der Waals surface area contributed by atoms with E-state index in [1.54, 1.807) is 12.1 Å². The molecule has 0 aromatic heterocycles. The van der Waals surface area contributed by atoms with E-state index in [9.17, 15) is 9.90 Å². The molecular formula is C20H19ClO4. The van der Waals surface area contributed by atoms with Gasteiger partial charge < -0.3 is 5.11 Å². The van der Waals surface area contributed by atoms with Crippen molar-refractivity contribution in [2.45, 2.75) is 37.1 Å². The summed E-state index contributed by atoms with van der Waals surface area (Å²) >= 11 is 6.03. The van der Waals surface area contributed by atoms with Gasteiger partial charge in [0.2, 0.25) is 5.79 Å². The fourth-order valence-corrected chi connectivity index (χ4v) is 4.00. The SMILES string of the molecule is O=C1CCCC2(O)OOC(c3ccccc3)(c3ccc(Cl)cc3)CC12. The molecule has 0 spiro atoms. The summed E-state index contributed by atoms with van der Waals surface area (Å²) in [6, 6.07) is 16.9. The summed E-state index contributed by atoms with van der Waals surface area (Å²) in [4.78, 5) is 23.9. The van der Waals surface area contributed by atoms with Crippen molar-refractivity contribution in [3.63, 3.8) is 0 Å². The zero-order valence-corrected chi connectivity index (χ0v) is 14.4. The molecule has 1 saturated heterocycles. The molecule has 1 saturated carbocycles. The lowest BCUT2D eigenvalue weighted by Crippen LogP contribution is -2.56. The number of hydrogen-bond acceptors (Lipinski definition) is 4. The monoisotopic (exact) mass is 358 g/mol. The van der Waals surface area contributed by atoms with Gasteiger partial charge in [0.1, 0.15) is 5.78 Å². The molecule has 1 heterocycles. The first kappa shape index (κ1) is 16.7. The van der Waals surface area contributed by atoms with Gasteiger partial charge in [-0.25, -0.2) is 4.89 Å². The topological polar surface area (TPSA) is 55.8 Å². The quantitative estimate of drug-likeness (QED) is 0.824. The van der Waals surface area contributed by atoms with Crippen LogP contribution in [0.2, 0.25) is 5.02 Å². The van der Waals surface area contributed by atoms with Crippen LogP contribution in [0.3, 0.4) is 0 Å². The maximum atomic E-state index is 12.5. The summed E-state index contributed by atoms with van der Waals surface area (Å²) in [6.45, 7) is 0. The summed E-state index contributed by atoms with van der Waals surface area (Å²) in [7, 11) is 0. The highest BCUT2D eigenvalue weighted by Gasteiger charge is 2.56. The van der Waals surface area contributed by atoms with Crippen molar-refractivity contribution >= 4 is 17.4 Å². The van der Waals surface area contributed by atoms with Crippen LogP contribution in [0.5, 0.6) is 0 Å². The number of rotatable bonds is 2. The largest absolute Gasteiger partial charge is 0.363 e. The van der Waals surface area contributed by atoms with E-state index in [4.69, 9.17) is 21.4 Å². The van der Waals surface area contributed by atoms with Gasteiger partial charge in [0.15, 0.2) is 5.60 Å². The molecule has 2 aliphatic rings. The maximum absolute atomic E-state index is 12.5. The van der Waals surface area contributed by atoms with Gasteiger partial charge in [0.25, 0.3) is 0 Å². The van der Waals surface area contributed by atoms with E-state index in [1.807, 2.05) is 42.5 Å². The highest BCUT2D eigenvalue weighted by atomic mass is 35.5. The summed E-state index contributed by atoms with van der Waals surface area (Å²) in [5, 5.41) is 11.4. The van der Waals surface area contributed by atoms with Crippen LogP contribution in [0.4, 0.5) is 0 Å². The van der Waals surface area contributed by atoms with Gasteiger partial charge in [-0.2, -0.15) is 4.89 Å². The van der Waals surface area contributed by atoms with E-state index in [0.29, 0.717) is 30.7 Å². The van der Waals surface area contributed by atoms with E-state index in [2.05, 4.69) is 0 Å². The van der Waals surface area contributed by atoms with Crippen molar-refractivity contribution in [1.82, 2.24) is 0 Å². The molecule has 2 aromatic rings. The molecule has 130 valence electrons. The van der Waals surface area contributed by atoms with E-state index in [-0.39, 0.29) is 5.78 Å². The second-order valence-corrected chi connectivity index (χ2v) is 7.22. The van der Waals surface area contributed by atoms with Crippen LogP contribution in [0.25, 0.3) is 0 Å². The van der Waals surface area contributed by atoms with E-state index < -0.39 is 17.3 Å². The number of ketones is 1.